The van der Waals surface area contributed by atoms with Gasteiger partial charge in [0.05, 0.1) is 12.7 Å². The van der Waals surface area contributed by atoms with E-state index in [1.54, 1.807) is 18.4 Å². The van der Waals surface area contributed by atoms with E-state index in [1.165, 1.54) is 23.3 Å². The number of methoxy groups -OCH3 is 1. The molecule has 1 aromatic carbocycles. The number of carbonyl (C=O) groups excluding carboxylic acids is 1. The smallest absolute Gasteiger partial charge is 0.252 e. The maximum atomic E-state index is 12.4. The van der Waals surface area contributed by atoms with Gasteiger partial charge in [0.1, 0.15) is 5.75 Å². The van der Waals surface area contributed by atoms with Gasteiger partial charge >= 0.3 is 0 Å². The maximum Gasteiger partial charge on any atom is 0.252 e. The van der Waals surface area contributed by atoms with Crippen molar-refractivity contribution in [1.82, 2.24) is 5.32 Å². The summed E-state index contributed by atoms with van der Waals surface area (Å²) in [5, 5.41) is 5.03. The van der Waals surface area contributed by atoms with Gasteiger partial charge in [0.15, 0.2) is 0 Å². The van der Waals surface area contributed by atoms with Gasteiger partial charge in [-0.05, 0) is 48.9 Å². The van der Waals surface area contributed by atoms with Gasteiger partial charge in [-0.2, -0.15) is 0 Å². The highest BCUT2D eigenvalue weighted by molar-refractivity contribution is 7.10. The molecule has 1 heterocycles. The average molecular weight is 301 g/mol. The van der Waals surface area contributed by atoms with Gasteiger partial charge in [0, 0.05) is 16.8 Å². The summed E-state index contributed by atoms with van der Waals surface area (Å²) in [5.74, 6) is 0.854. The lowest BCUT2D eigenvalue weighted by atomic mass is 9.95. The molecule has 2 aromatic rings. The number of ether oxygens (including phenoxy) is 1. The van der Waals surface area contributed by atoms with Crippen molar-refractivity contribution in [3.05, 3.63) is 51.2 Å². The second kappa shape index (κ2) is 6.31. The first-order valence-electron chi connectivity index (χ1n) is 7.28. The van der Waals surface area contributed by atoms with Crippen LogP contribution < -0.4 is 10.1 Å². The first-order chi connectivity index (χ1) is 10.3. The minimum Gasteiger partial charge on any atom is -0.497 e. The molecule has 110 valence electrons. The van der Waals surface area contributed by atoms with Crippen LogP contribution in [0.4, 0.5) is 0 Å². The van der Waals surface area contributed by atoms with E-state index in [9.17, 15) is 4.79 Å². The standard InChI is InChI=1S/C17H19NO2S/c1-20-13-6-4-5-12(9-13)10-18-17(19)15-11-21-16-8-3-2-7-14(15)16/h4-6,9,11H,2-3,7-8,10H2,1H3,(H,18,19). The lowest BCUT2D eigenvalue weighted by Crippen LogP contribution is -2.23. The number of benzene rings is 1. The Kier molecular flexibility index (Phi) is 4.25. The van der Waals surface area contributed by atoms with Crippen LogP contribution in [-0.2, 0) is 19.4 Å². The van der Waals surface area contributed by atoms with E-state index in [0.29, 0.717) is 6.54 Å². The summed E-state index contributed by atoms with van der Waals surface area (Å²) in [6.07, 6.45) is 4.61. The summed E-state index contributed by atoms with van der Waals surface area (Å²) in [5.41, 5.74) is 3.19. The molecule has 0 unspecified atom stereocenters. The van der Waals surface area contributed by atoms with Gasteiger partial charge in [-0.25, -0.2) is 0 Å². The predicted molar refractivity (Wildman–Crippen MR) is 85.1 cm³/mol. The zero-order valence-electron chi connectivity index (χ0n) is 12.1. The normalized spacial score (nSPS) is 13.6. The van der Waals surface area contributed by atoms with Gasteiger partial charge in [0.25, 0.3) is 5.91 Å². The molecular formula is C17H19NO2S. The molecule has 1 aliphatic rings. The van der Waals surface area contributed by atoms with E-state index in [4.69, 9.17) is 4.74 Å². The van der Waals surface area contributed by atoms with E-state index in [-0.39, 0.29) is 5.91 Å². The monoisotopic (exact) mass is 301 g/mol. The number of fused-ring (bicyclic) bond motifs is 1. The Bertz CT molecular complexity index is 648. The summed E-state index contributed by atoms with van der Waals surface area (Å²) in [4.78, 5) is 13.8. The molecule has 1 aliphatic carbocycles. The zero-order chi connectivity index (χ0) is 14.7. The van der Waals surface area contributed by atoms with Crippen LogP contribution in [0.5, 0.6) is 5.75 Å². The number of hydrogen-bond acceptors (Lipinski definition) is 3. The van der Waals surface area contributed by atoms with Crippen LogP contribution in [-0.4, -0.2) is 13.0 Å². The van der Waals surface area contributed by atoms with E-state index in [1.807, 2.05) is 29.6 Å². The van der Waals surface area contributed by atoms with Crippen molar-refractivity contribution >= 4 is 17.2 Å². The van der Waals surface area contributed by atoms with Crippen LogP contribution in [0.3, 0.4) is 0 Å². The number of aryl methyl sites for hydroxylation is 1. The Hall–Kier alpha value is -1.81. The molecule has 0 atom stereocenters. The minimum atomic E-state index is 0.0391. The zero-order valence-corrected chi connectivity index (χ0v) is 13.0. The van der Waals surface area contributed by atoms with Crippen LogP contribution in [0.15, 0.2) is 29.6 Å². The van der Waals surface area contributed by atoms with Crippen molar-refractivity contribution in [1.29, 1.82) is 0 Å². The highest BCUT2D eigenvalue weighted by Gasteiger charge is 2.19. The van der Waals surface area contributed by atoms with E-state index in [2.05, 4.69) is 5.32 Å². The van der Waals surface area contributed by atoms with Gasteiger partial charge in [0.2, 0.25) is 0 Å². The van der Waals surface area contributed by atoms with Crippen LogP contribution in [0, 0.1) is 0 Å². The molecule has 1 N–H and O–H groups in total. The fourth-order valence-corrected chi connectivity index (χ4v) is 3.87. The number of hydrogen-bond donors (Lipinski definition) is 1. The Morgan fingerprint density at radius 2 is 2.19 bits per heavy atom. The fraction of sp³-hybridized carbons (Fsp3) is 0.353. The van der Waals surface area contributed by atoms with Crippen molar-refractivity contribution in [3.63, 3.8) is 0 Å². The van der Waals surface area contributed by atoms with Crippen molar-refractivity contribution in [3.8, 4) is 5.75 Å². The number of rotatable bonds is 4. The Labute approximate surface area is 129 Å². The van der Waals surface area contributed by atoms with E-state index < -0.39 is 0 Å². The van der Waals surface area contributed by atoms with Gasteiger partial charge in [-0.3, -0.25) is 4.79 Å². The molecule has 0 saturated carbocycles. The second-order valence-corrected chi connectivity index (χ2v) is 6.26. The first-order valence-corrected chi connectivity index (χ1v) is 8.16. The van der Waals surface area contributed by atoms with Gasteiger partial charge < -0.3 is 10.1 Å². The lowest BCUT2D eigenvalue weighted by Gasteiger charge is -2.13. The van der Waals surface area contributed by atoms with Gasteiger partial charge in [-0.1, -0.05) is 12.1 Å². The number of nitrogens with one attached hydrogen (secondary N) is 1. The predicted octanol–water partition coefficient (Wildman–Crippen LogP) is 3.57. The van der Waals surface area contributed by atoms with Crippen molar-refractivity contribution in [2.45, 2.75) is 32.2 Å². The summed E-state index contributed by atoms with van der Waals surface area (Å²) in [7, 11) is 1.65. The molecule has 1 amide bonds. The van der Waals surface area contributed by atoms with Crippen molar-refractivity contribution in [2.75, 3.05) is 7.11 Å². The topological polar surface area (TPSA) is 38.3 Å². The number of carbonyl (C=O) groups is 1. The maximum absolute atomic E-state index is 12.4. The average Bonchev–Trinajstić information content (AvgIpc) is 2.97. The van der Waals surface area contributed by atoms with Crippen molar-refractivity contribution in [2.24, 2.45) is 0 Å². The van der Waals surface area contributed by atoms with Crippen LogP contribution in [0.2, 0.25) is 0 Å². The largest absolute Gasteiger partial charge is 0.497 e. The third kappa shape index (κ3) is 3.10. The first kappa shape index (κ1) is 14.1. The minimum absolute atomic E-state index is 0.0391. The lowest BCUT2D eigenvalue weighted by molar-refractivity contribution is 0.0950. The summed E-state index contributed by atoms with van der Waals surface area (Å²) in [6, 6.07) is 7.78. The van der Waals surface area contributed by atoms with Crippen LogP contribution >= 0.6 is 11.3 Å². The summed E-state index contributed by atoms with van der Waals surface area (Å²) in [6.45, 7) is 0.528. The Balaban J connectivity index is 1.67. The Morgan fingerprint density at radius 1 is 1.33 bits per heavy atom. The molecule has 0 spiro atoms. The molecule has 0 radical (unpaired) electrons. The Morgan fingerprint density at radius 3 is 3.05 bits per heavy atom. The fourth-order valence-electron chi connectivity index (χ4n) is 2.74. The highest BCUT2D eigenvalue weighted by Crippen LogP contribution is 2.30. The number of amides is 1. The highest BCUT2D eigenvalue weighted by atomic mass is 32.1. The third-order valence-electron chi connectivity index (χ3n) is 3.89. The molecule has 4 heteroatoms. The van der Waals surface area contributed by atoms with Gasteiger partial charge in [-0.15, -0.1) is 11.3 Å². The van der Waals surface area contributed by atoms with E-state index >= 15 is 0 Å². The molecular weight excluding hydrogens is 282 g/mol. The van der Waals surface area contributed by atoms with Crippen LogP contribution in [0.25, 0.3) is 0 Å². The van der Waals surface area contributed by atoms with Crippen LogP contribution in [0.1, 0.15) is 39.2 Å². The summed E-state index contributed by atoms with van der Waals surface area (Å²) < 4.78 is 5.20. The molecule has 1 aromatic heterocycles. The second-order valence-electron chi connectivity index (χ2n) is 5.29. The molecule has 0 saturated heterocycles. The quantitative estimate of drug-likeness (QED) is 0.937. The molecule has 0 fully saturated rings. The molecule has 0 bridgehead atoms. The van der Waals surface area contributed by atoms with E-state index in [0.717, 1.165) is 29.7 Å². The molecule has 0 aliphatic heterocycles. The van der Waals surface area contributed by atoms with Crippen molar-refractivity contribution < 1.29 is 9.53 Å². The third-order valence-corrected chi connectivity index (χ3v) is 4.98. The molecule has 3 rings (SSSR count). The molecule has 3 nitrogen and oxygen atoms in total. The number of thiophene rings is 1. The molecule has 21 heavy (non-hydrogen) atoms. The summed E-state index contributed by atoms with van der Waals surface area (Å²) >= 11 is 1.73. The SMILES string of the molecule is COc1cccc(CNC(=O)c2csc3c2CCCC3)c1.